The van der Waals surface area contributed by atoms with Crippen molar-refractivity contribution in [1.82, 2.24) is 0 Å². The van der Waals surface area contributed by atoms with E-state index in [9.17, 15) is 0 Å². The van der Waals surface area contributed by atoms with Gasteiger partial charge in [-0.25, -0.2) is 0 Å². The van der Waals surface area contributed by atoms with Crippen molar-refractivity contribution in [2.24, 2.45) is 0 Å². The molecule has 0 aromatic carbocycles. The van der Waals surface area contributed by atoms with Crippen LogP contribution in [0.2, 0.25) is 0 Å². The predicted molar refractivity (Wildman–Crippen MR) is 51.6 cm³/mol. The van der Waals surface area contributed by atoms with E-state index < -0.39 is 0 Å². The van der Waals surface area contributed by atoms with Crippen molar-refractivity contribution in [1.29, 1.82) is 0 Å². The Hall–Kier alpha value is -0.300. The number of unbranched alkanes of at least 4 members (excludes halogenated alkanes) is 2. The molecule has 0 spiro atoms. The van der Waals surface area contributed by atoms with E-state index >= 15 is 0 Å². The summed E-state index contributed by atoms with van der Waals surface area (Å²) >= 11 is 0. The third kappa shape index (κ3) is 9.70. The zero-order valence-electron chi connectivity index (χ0n) is 8.43. The van der Waals surface area contributed by atoms with Crippen LogP contribution in [-0.4, -0.2) is 32.2 Å². The van der Waals surface area contributed by atoms with E-state index in [0.717, 1.165) is 11.0 Å². The molecular weight excluding hydrogens is 134 g/mol. The Balaban J connectivity index is 3.30. The second-order valence-electron chi connectivity index (χ2n) is 4.09. The molecule has 0 aliphatic rings. The minimum absolute atomic E-state index is 1.03. The van der Waals surface area contributed by atoms with E-state index in [4.69, 9.17) is 0 Å². The first kappa shape index (κ1) is 10.7. The van der Waals surface area contributed by atoms with Crippen LogP contribution in [-0.2, 0) is 0 Å². The molecule has 11 heavy (non-hydrogen) atoms. The highest BCUT2D eigenvalue weighted by atomic mass is 15.3. The molecule has 0 aliphatic heterocycles. The van der Waals surface area contributed by atoms with Crippen LogP contribution < -0.4 is 0 Å². The average Bonchev–Trinajstić information content (AvgIpc) is 1.85. The number of allylic oxidation sites excluding steroid dienone is 1. The van der Waals surface area contributed by atoms with Gasteiger partial charge in [0.05, 0.1) is 27.7 Å². The van der Waals surface area contributed by atoms with E-state index in [1.807, 2.05) is 0 Å². The summed E-state index contributed by atoms with van der Waals surface area (Å²) in [6.45, 7) is 3.37. The molecule has 0 aliphatic carbocycles. The Labute approximate surface area is 71.3 Å². The van der Waals surface area contributed by atoms with Gasteiger partial charge in [0, 0.05) is 0 Å². The second kappa shape index (κ2) is 5.36. The monoisotopic (exact) mass is 156 g/mol. The van der Waals surface area contributed by atoms with Crippen LogP contribution >= 0.6 is 0 Å². The maximum atomic E-state index is 2.30. The van der Waals surface area contributed by atoms with Gasteiger partial charge in [0.1, 0.15) is 0 Å². The van der Waals surface area contributed by atoms with Gasteiger partial charge in [-0.3, -0.25) is 0 Å². The highest BCUT2D eigenvalue weighted by Crippen LogP contribution is 1.96. The van der Waals surface area contributed by atoms with Crippen LogP contribution in [0.3, 0.4) is 0 Å². The first-order valence-electron chi connectivity index (χ1n) is 4.51. The third-order valence-electron chi connectivity index (χ3n) is 1.54. The van der Waals surface area contributed by atoms with Gasteiger partial charge in [-0.05, 0) is 12.5 Å². The third-order valence-corrected chi connectivity index (χ3v) is 1.54. The van der Waals surface area contributed by atoms with E-state index in [-0.39, 0.29) is 0 Å². The molecule has 0 bridgehead atoms. The summed E-state index contributed by atoms with van der Waals surface area (Å²) in [5.74, 6) is 0. The molecule has 0 aromatic rings. The number of hydrogen-bond donors (Lipinski definition) is 0. The van der Waals surface area contributed by atoms with Gasteiger partial charge >= 0.3 is 0 Å². The highest BCUT2D eigenvalue weighted by molar-refractivity contribution is 4.80. The van der Waals surface area contributed by atoms with Gasteiger partial charge in [-0.2, -0.15) is 0 Å². The summed E-state index contributed by atoms with van der Waals surface area (Å²) < 4.78 is 1.03. The van der Waals surface area contributed by atoms with E-state index in [1.54, 1.807) is 0 Å². The molecule has 1 nitrogen and oxygen atoms in total. The van der Waals surface area contributed by atoms with Crippen molar-refractivity contribution < 1.29 is 4.48 Å². The van der Waals surface area contributed by atoms with Crippen LogP contribution in [0.4, 0.5) is 0 Å². The average molecular weight is 156 g/mol. The number of quaternary nitrogens is 1. The lowest BCUT2D eigenvalue weighted by molar-refractivity contribution is -0.864. The highest BCUT2D eigenvalue weighted by Gasteiger charge is 2.00. The van der Waals surface area contributed by atoms with Crippen molar-refractivity contribution in [3.8, 4) is 0 Å². The molecule has 0 unspecified atom stereocenters. The number of hydrogen-bond acceptors (Lipinski definition) is 0. The van der Waals surface area contributed by atoms with Gasteiger partial charge in [0.25, 0.3) is 0 Å². The topological polar surface area (TPSA) is 0 Å². The molecule has 0 saturated heterocycles. The molecule has 0 aromatic heterocycles. The van der Waals surface area contributed by atoms with Crippen LogP contribution in [0, 0.1) is 0 Å². The zero-order chi connectivity index (χ0) is 8.74. The second-order valence-corrected chi connectivity index (χ2v) is 4.09. The molecule has 0 heterocycles. The molecule has 0 radical (unpaired) electrons. The fraction of sp³-hybridized carbons (Fsp3) is 0.800. The van der Waals surface area contributed by atoms with Gasteiger partial charge in [0.15, 0.2) is 0 Å². The maximum Gasteiger partial charge on any atom is 0.0967 e. The zero-order valence-corrected chi connectivity index (χ0v) is 8.43. The van der Waals surface area contributed by atoms with E-state index in [2.05, 4.69) is 40.2 Å². The molecule has 0 amide bonds. The van der Waals surface area contributed by atoms with Crippen molar-refractivity contribution in [2.75, 3.05) is 27.7 Å². The fourth-order valence-electron chi connectivity index (χ4n) is 0.831. The Bertz CT molecular complexity index is 109. The molecule has 0 fully saturated rings. The molecule has 66 valence electrons. The summed E-state index contributed by atoms with van der Waals surface area (Å²) in [5, 5.41) is 0. The minimum atomic E-state index is 1.03. The first-order valence-corrected chi connectivity index (χ1v) is 4.51. The van der Waals surface area contributed by atoms with Crippen molar-refractivity contribution in [3.05, 3.63) is 12.2 Å². The predicted octanol–water partition coefficient (Wildman–Crippen LogP) is 2.44. The molecular formula is C10H22N+. The molecule has 0 rings (SSSR count). The van der Waals surface area contributed by atoms with Gasteiger partial charge in [0.2, 0.25) is 0 Å². The van der Waals surface area contributed by atoms with Crippen molar-refractivity contribution in [3.63, 3.8) is 0 Å². The lowest BCUT2D eigenvalue weighted by Crippen LogP contribution is -2.34. The summed E-state index contributed by atoms with van der Waals surface area (Å²) in [4.78, 5) is 0. The van der Waals surface area contributed by atoms with Crippen molar-refractivity contribution in [2.45, 2.75) is 26.2 Å². The van der Waals surface area contributed by atoms with Crippen LogP contribution in [0.5, 0.6) is 0 Å². The Kier molecular flexibility index (Phi) is 5.22. The Morgan fingerprint density at radius 3 is 2.18 bits per heavy atom. The summed E-state index contributed by atoms with van der Waals surface area (Å²) in [5.41, 5.74) is 0. The number of likely N-dealkylation sites (N-methyl/N-ethyl adjacent to an activating group) is 1. The standard InChI is InChI=1S/C10H22N/c1-5-6-7-8-9-10-11(2,3)4/h8-9H,5-7,10H2,1-4H3/q+1/b9-8+. The maximum absolute atomic E-state index is 2.30. The summed E-state index contributed by atoms with van der Waals surface area (Å²) in [7, 11) is 6.64. The first-order chi connectivity index (χ1) is 5.06. The number of rotatable bonds is 5. The minimum Gasteiger partial charge on any atom is -0.328 e. The van der Waals surface area contributed by atoms with Crippen molar-refractivity contribution >= 4 is 0 Å². The van der Waals surface area contributed by atoms with Gasteiger partial charge in [-0.15, -0.1) is 0 Å². The fourth-order valence-corrected chi connectivity index (χ4v) is 0.831. The van der Waals surface area contributed by atoms with Gasteiger partial charge < -0.3 is 4.48 Å². The molecule has 0 saturated carbocycles. The van der Waals surface area contributed by atoms with Crippen LogP contribution in [0.1, 0.15) is 26.2 Å². The molecule has 0 N–H and O–H groups in total. The Morgan fingerprint density at radius 2 is 1.73 bits per heavy atom. The number of nitrogens with zero attached hydrogens (tertiary/aromatic N) is 1. The molecule has 0 atom stereocenters. The van der Waals surface area contributed by atoms with Crippen LogP contribution in [0.15, 0.2) is 12.2 Å². The summed E-state index contributed by atoms with van der Waals surface area (Å²) in [6.07, 6.45) is 8.46. The summed E-state index contributed by atoms with van der Waals surface area (Å²) in [6, 6.07) is 0. The SMILES string of the molecule is CCCC/C=C/C[N+](C)(C)C. The van der Waals surface area contributed by atoms with Crippen LogP contribution in [0.25, 0.3) is 0 Å². The lowest BCUT2D eigenvalue weighted by Gasteiger charge is -2.21. The quantitative estimate of drug-likeness (QED) is 0.326. The van der Waals surface area contributed by atoms with E-state index in [0.29, 0.717) is 0 Å². The largest absolute Gasteiger partial charge is 0.328 e. The molecule has 1 heteroatoms. The smallest absolute Gasteiger partial charge is 0.0967 e. The normalized spacial score (nSPS) is 12.7. The van der Waals surface area contributed by atoms with Gasteiger partial charge in [-0.1, -0.05) is 25.8 Å². The van der Waals surface area contributed by atoms with E-state index in [1.165, 1.54) is 19.3 Å². The Morgan fingerprint density at radius 1 is 1.09 bits per heavy atom. The lowest BCUT2D eigenvalue weighted by atomic mass is 10.2.